The van der Waals surface area contributed by atoms with Crippen LogP contribution in [0.4, 0.5) is 0 Å². The summed E-state index contributed by atoms with van der Waals surface area (Å²) >= 11 is 0. The summed E-state index contributed by atoms with van der Waals surface area (Å²) in [5.41, 5.74) is 1.40. The van der Waals surface area contributed by atoms with Crippen molar-refractivity contribution in [2.45, 2.75) is 13.0 Å². The van der Waals surface area contributed by atoms with Crippen LogP contribution in [0.1, 0.15) is 22.3 Å². The van der Waals surface area contributed by atoms with E-state index >= 15 is 0 Å². The molecule has 0 heterocycles. The van der Waals surface area contributed by atoms with E-state index in [9.17, 15) is 9.59 Å². The van der Waals surface area contributed by atoms with E-state index in [2.05, 4.69) is 4.74 Å². The maximum atomic E-state index is 12.0. The second-order valence-corrected chi connectivity index (χ2v) is 4.82. The molecule has 0 aliphatic rings. The van der Waals surface area contributed by atoms with E-state index in [4.69, 9.17) is 9.47 Å². The molecule has 2 aromatic rings. The molecule has 120 valence electrons. The van der Waals surface area contributed by atoms with Crippen molar-refractivity contribution in [2.24, 2.45) is 0 Å². The number of methoxy groups -OCH3 is 2. The molecule has 0 saturated carbocycles. The fourth-order valence-electron chi connectivity index (χ4n) is 2.00. The van der Waals surface area contributed by atoms with Crippen molar-refractivity contribution < 1.29 is 23.8 Å². The third-order valence-electron chi connectivity index (χ3n) is 3.26. The van der Waals surface area contributed by atoms with Crippen molar-refractivity contribution in [1.82, 2.24) is 0 Å². The topological polar surface area (TPSA) is 61.8 Å². The van der Waals surface area contributed by atoms with Gasteiger partial charge in [0.25, 0.3) is 0 Å². The molecule has 0 saturated heterocycles. The predicted octanol–water partition coefficient (Wildman–Crippen LogP) is 3.02. The van der Waals surface area contributed by atoms with Crippen LogP contribution in [0.15, 0.2) is 48.5 Å². The van der Waals surface area contributed by atoms with Gasteiger partial charge in [-0.25, -0.2) is 0 Å². The Morgan fingerprint density at radius 2 is 1.70 bits per heavy atom. The molecule has 5 heteroatoms. The van der Waals surface area contributed by atoms with Crippen molar-refractivity contribution in [3.8, 4) is 11.5 Å². The molecule has 23 heavy (non-hydrogen) atoms. The van der Waals surface area contributed by atoms with E-state index in [1.807, 2.05) is 30.3 Å². The molecule has 0 radical (unpaired) electrons. The van der Waals surface area contributed by atoms with Crippen molar-refractivity contribution >= 4 is 11.8 Å². The van der Waals surface area contributed by atoms with Crippen LogP contribution in [0.3, 0.4) is 0 Å². The van der Waals surface area contributed by atoms with Gasteiger partial charge in [-0.2, -0.15) is 0 Å². The van der Waals surface area contributed by atoms with Gasteiger partial charge in [0.2, 0.25) is 0 Å². The van der Waals surface area contributed by atoms with E-state index in [0.717, 1.165) is 5.56 Å². The third-order valence-corrected chi connectivity index (χ3v) is 3.26. The highest BCUT2D eigenvalue weighted by atomic mass is 16.5. The Morgan fingerprint density at radius 3 is 2.35 bits per heavy atom. The Balaban J connectivity index is 2.10. The molecule has 0 amide bonds. The largest absolute Gasteiger partial charge is 0.493 e. The maximum Gasteiger partial charge on any atom is 0.313 e. The van der Waals surface area contributed by atoms with Crippen LogP contribution < -0.4 is 9.47 Å². The van der Waals surface area contributed by atoms with Gasteiger partial charge in [0, 0.05) is 5.56 Å². The lowest BCUT2D eigenvalue weighted by Crippen LogP contribution is -2.09. The number of ether oxygens (including phenoxy) is 3. The number of hydrogen-bond donors (Lipinski definition) is 0. The van der Waals surface area contributed by atoms with Gasteiger partial charge >= 0.3 is 5.97 Å². The summed E-state index contributed by atoms with van der Waals surface area (Å²) < 4.78 is 15.5. The molecule has 2 rings (SSSR count). The Kier molecular flexibility index (Phi) is 5.74. The molecule has 0 atom stereocenters. The molecule has 0 aliphatic heterocycles. The summed E-state index contributed by atoms with van der Waals surface area (Å²) in [5, 5.41) is 0. The Bertz CT molecular complexity index is 679. The summed E-state index contributed by atoms with van der Waals surface area (Å²) in [6.07, 6.45) is -0.302. The van der Waals surface area contributed by atoms with Gasteiger partial charge in [0.15, 0.2) is 17.3 Å². The number of hydrogen-bond acceptors (Lipinski definition) is 5. The van der Waals surface area contributed by atoms with Crippen molar-refractivity contribution in [3.63, 3.8) is 0 Å². The van der Waals surface area contributed by atoms with Gasteiger partial charge in [-0.15, -0.1) is 0 Å². The minimum absolute atomic E-state index is 0.302. The van der Waals surface area contributed by atoms with Crippen LogP contribution >= 0.6 is 0 Å². The SMILES string of the molecule is COC(=O)CC(=O)c1ccc(OCc2ccccc2)c(OC)c1. The number of carbonyl (C=O) groups excluding carboxylic acids is 2. The summed E-state index contributed by atoms with van der Waals surface area (Å²) in [4.78, 5) is 23.2. The van der Waals surface area contributed by atoms with Crippen LogP contribution in [0, 0.1) is 0 Å². The molecule has 0 N–H and O–H groups in total. The first-order valence-corrected chi connectivity index (χ1v) is 7.09. The molecule has 0 aromatic heterocycles. The van der Waals surface area contributed by atoms with Crippen molar-refractivity contribution in [3.05, 3.63) is 59.7 Å². The molecule has 2 aromatic carbocycles. The third kappa shape index (κ3) is 4.57. The Labute approximate surface area is 134 Å². The second kappa shape index (κ2) is 7.98. The molecule has 0 bridgehead atoms. The second-order valence-electron chi connectivity index (χ2n) is 4.82. The highest BCUT2D eigenvalue weighted by Gasteiger charge is 2.15. The molecule has 0 unspecified atom stereocenters. The number of Topliss-reactive ketones (excluding diaryl/α,β-unsaturated/α-hetero) is 1. The average Bonchev–Trinajstić information content (AvgIpc) is 2.60. The Hall–Kier alpha value is -2.82. The standard InChI is InChI=1S/C18H18O5/c1-21-17-10-14(15(19)11-18(20)22-2)8-9-16(17)23-12-13-6-4-3-5-7-13/h3-10H,11-12H2,1-2H3. The number of esters is 1. The lowest BCUT2D eigenvalue weighted by Gasteiger charge is -2.12. The minimum Gasteiger partial charge on any atom is -0.493 e. The normalized spacial score (nSPS) is 10.0. The average molecular weight is 314 g/mol. The predicted molar refractivity (Wildman–Crippen MR) is 84.7 cm³/mol. The van der Waals surface area contributed by atoms with Gasteiger partial charge in [-0.1, -0.05) is 30.3 Å². The summed E-state index contributed by atoms with van der Waals surface area (Å²) in [6.45, 7) is 0.395. The smallest absolute Gasteiger partial charge is 0.313 e. The fourth-order valence-corrected chi connectivity index (χ4v) is 2.00. The first-order chi connectivity index (χ1) is 11.1. The molecular weight excluding hydrogens is 296 g/mol. The van der Waals surface area contributed by atoms with Crippen LogP contribution in [0.25, 0.3) is 0 Å². The lowest BCUT2D eigenvalue weighted by molar-refractivity contribution is -0.139. The van der Waals surface area contributed by atoms with Gasteiger partial charge < -0.3 is 14.2 Å². The summed E-state index contributed by atoms with van der Waals surface area (Å²) in [7, 11) is 2.75. The van der Waals surface area contributed by atoms with E-state index < -0.39 is 5.97 Å². The zero-order chi connectivity index (χ0) is 16.7. The van der Waals surface area contributed by atoms with Gasteiger partial charge in [-0.3, -0.25) is 9.59 Å². The maximum absolute atomic E-state index is 12.0. The van der Waals surface area contributed by atoms with Crippen molar-refractivity contribution in [2.75, 3.05) is 14.2 Å². The zero-order valence-electron chi connectivity index (χ0n) is 13.1. The number of benzene rings is 2. The fraction of sp³-hybridized carbons (Fsp3) is 0.222. The first kappa shape index (κ1) is 16.5. The van der Waals surface area contributed by atoms with E-state index in [1.54, 1.807) is 18.2 Å². The highest BCUT2D eigenvalue weighted by Crippen LogP contribution is 2.29. The van der Waals surface area contributed by atoms with Gasteiger partial charge in [0.1, 0.15) is 13.0 Å². The van der Waals surface area contributed by atoms with E-state index in [0.29, 0.717) is 23.7 Å². The Morgan fingerprint density at radius 1 is 0.957 bits per heavy atom. The monoisotopic (exact) mass is 314 g/mol. The number of carbonyl (C=O) groups is 2. The zero-order valence-corrected chi connectivity index (χ0v) is 13.1. The minimum atomic E-state index is -0.571. The van der Waals surface area contributed by atoms with Crippen LogP contribution in [0.5, 0.6) is 11.5 Å². The molecule has 5 nitrogen and oxygen atoms in total. The quantitative estimate of drug-likeness (QED) is 0.446. The number of ketones is 1. The van der Waals surface area contributed by atoms with Crippen LogP contribution in [0.2, 0.25) is 0 Å². The van der Waals surface area contributed by atoms with Gasteiger partial charge in [-0.05, 0) is 23.8 Å². The first-order valence-electron chi connectivity index (χ1n) is 7.09. The molecule has 0 spiro atoms. The summed E-state index contributed by atoms with van der Waals surface area (Å²) in [6, 6.07) is 14.5. The molecular formula is C18H18O5. The van der Waals surface area contributed by atoms with E-state index in [1.165, 1.54) is 14.2 Å². The van der Waals surface area contributed by atoms with Crippen molar-refractivity contribution in [1.29, 1.82) is 0 Å². The number of rotatable bonds is 7. The molecule has 0 aliphatic carbocycles. The van der Waals surface area contributed by atoms with Gasteiger partial charge in [0.05, 0.1) is 14.2 Å². The van der Waals surface area contributed by atoms with Crippen LogP contribution in [-0.4, -0.2) is 26.0 Å². The molecule has 0 fully saturated rings. The van der Waals surface area contributed by atoms with E-state index in [-0.39, 0.29) is 12.2 Å². The summed E-state index contributed by atoms with van der Waals surface area (Å²) in [5.74, 6) is 0.0748. The van der Waals surface area contributed by atoms with Crippen LogP contribution in [-0.2, 0) is 16.1 Å². The highest BCUT2D eigenvalue weighted by molar-refractivity contribution is 6.06. The lowest BCUT2D eigenvalue weighted by atomic mass is 10.1.